The highest BCUT2D eigenvalue weighted by atomic mass is 15.0. The lowest BCUT2D eigenvalue weighted by Crippen LogP contribution is -1.98. The van der Waals surface area contributed by atoms with E-state index in [1.165, 1.54) is 82.2 Å². The third kappa shape index (κ3) is 3.59. The molecule has 214 valence electrons. The van der Waals surface area contributed by atoms with Crippen molar-refractivity contribution in [1.29, 1.82) is 0 Å². The van der Waals surface area contributed by atoms with Crippen molar-refractivity contribution in [1.82, 2.24) is 8.97 Å². The van der Waals surface area contributed by atoms with E-state index in [0.717, 1.165) is 5.69 Å². The van der Waals surface area contributed by atoms with Crippen LogP contribution in [0.15, 0.2) is 170 Å². The molecule has 0 N–H and O–H groups in total. The first-order valence-corrected chi connectivity index (χ1v) is 15.9. The van der Waals surface area contributed by atoms with Crippen LogP contribution in [0.5, 0.6) is 0 Å². The zero-order valence-corrected chi connectivity index (χ0v) is 25.1. The predicted molar refractivity (Wildman–Crippen MR) is 195 cm³/mol. The predicted octanol–water partition coefficient (Wildman–Crippen LogP) is 11.8. The molecule has 3 heterocycles. The Bertz CT molecular complexity index is 2730. The van der Waals surface area contributed by atoms with Gasteiger partial charge in [0.05, 0.1) is 27.6 Å². The van der Waals surface area contributed by atoms with Gasteiger partial charge in [-0.05, 0) is 64.0 Å². The van der Waals surface area contributed by atoms with Gasteiger partial charge < -0.3 is 8.97 Å². The molecule has 0 aliphatic rings. The van der Waals surface area contributed by atoms with E-state index in [2.05, 4.69) is 179 Å². The monoisotopic (exact) mass is 584 g/mol. The quantitative estimate of drug-likeness (QED) is 0.183. The van der Waals surface area contributed by atoms with Crippen molar-refractivity contribution in [2.45, 2.75) is 0 Å². The molecule has 0 aliphatic heterocycles. The van der Waals surface area contributed by atoms with Gasteiger partial charge in [-0.3, -0.25) is 0 Å². The van der Waals surface area contributed by atoms with Gasteiger partial charge in [0.15, 0.2) is 0 Å². The molecule has 0 fully saturated rings. The van der Waals surface area contributed by atoms with Crippen molar-refractivity contribution in [3.05, 3.63) is 170 Å². The maximum Gasteiger partial charge on any atom is 0.0788 e. The summed E-state index contributed by atoms with van der Waals surface area (Å²) in [5.41, 5.74) is 12.1. The van der Waals surface area contributed by atoms with Crippen molar-refractivity contribution in [2.24, 2.45) is 0 Å². The number of rotatable bonds is 3. The number of para-hydroxylation sites is 2. The van der Waals surface area contributed by atoms with Crippen LogP contribution < -0.4 is 0 Å². The molecule has 0 spiro atoms. The molecule has 3 aromatic heterocycles. The summed E-state index contributed by atoms with van der Waals surface area (Å²) >= 11 is 0. The van der Waals surface area contributed by atoms with Crippen LogP contribution in [0, 0.1) is 0 Å². The number of aromatic nitrogens is 2. The Morgan fingerprint density at radius 3 is 1.48 bits per heavy atom. The summed E-state index contributed by atoms with van der Waals surface area (Å²) in [6.07, 6.45) is 0. The average molecular weight is 585 g/mol. The average Bonchev–Trinajstić information content (AvgIpc) is 3.69. The molecule has 46 heavy (non-hydrogen) atoms. The lowest BCUT2D eigenvalue weighted by molar-refractivity contribution is 1.18. The molecule has 10 aromatic rings. The molecule has 0 atom stereocenters. The highest BCUT2D eigenvalue weighted by Crippen LogP contribution is 2.42. The van der Waals surface area contributed by atoms with Crippen molar-refractivity contribution < 1.29 is 0 Å². The minimum Gasteiger partial charge on any atom is -0.307 e. The fraction of sp³-hybridized carbons (Fsp3) is 0. The Kier molecular flexibility index (Phi) is 5.31. The topological polar surface area (TPSA) is 9.34 Å². The number of nitrogens with zero attached hydrogens (tertiary/aromatic N) is 2. The summed E-state index contributed by atoms with van der Waals surface area (Å²) < 4.78 is 5.01. The minimum atomic E-state index is 1.15. The number of pyridine rings is 1. The van der Waals surface area contributed by atoms with Crippen LogP contribution in [0.4, 0.5) is 0 Å². The van der Waals surface area contributed by atoms with Crippen molar-refractivity contribution >= 4 is 59.9 Å². The van der Waals surface area contributed by atoms with Crippen LogP contribution in [0.1, 0.15) is 0 Å². The van der Waals surface area contributed by atoms with Gasteiger partial charge in [0, 0.05) is 32.6 Å². The van der Waals surface area contributed by atoms with Crippen LogP contribution in [-0.4, -0.2) is 8.97 Å². The van der Waals surface area contributed by atoms with Crippen LogP contribution in [0.3, 0.4) is 0 Å². The first-order valence-electron chi connectivity index (χ1n) is 15.9. The Balaban J connectivity index is 1.42. The van der Waals surface area contributed by atoms with E-state index >= 15 is 0 Å². The Hall–Kier alpha value is -6.12. The third-order valence-electron chi connectivity index (χ3n) is 9.63. The van der Waals surface area contributed by atoms with Gasteiger partial charge in [0.2, 0.25) is 0 Å². The fourth-order valence-corrected chi connectivity index (χ4v) is 7.63. The van der Waals surface area contributed by atoms with Gasteiger partial charge in [0.1, 0.15) is 0 Å². The second-order valence-corrected chi connectivity index (χ2v) is 12.2. The smallest absolute Gasteiger partial charge is 0.0788 e. The number of benzene rings is 7. The minimum absolute atomic E-state index is 1.15. The van der Waals surface area contributed by atoms with Crippen LogP contribution >= 0.6 is 0 Å². The molecule has 0 bridgehead atoms. The third-order valence-corrected chi connectivity index (χ3v) is 9.63. The zero-order chi connectivity index (χ0) is 30.2. The summed E-state index contributed by atoms with van der Waals surface area (Å²) in [5, 5.41) is 7.57. The number of hydrogen-bond donors (Lipinski definition) is 0. The standard InChI is InChI=1S/C44H28N2/c1-3-13-29(14-4-1)32-25-33(30-15-5-2-6-16-30)27-34(26-32)45-40-21-11-10-20-38(40)39-24-23-31-28-42-37-19-8-7-17-35(37)36-18-9-12-22-41(36)46(42)43(31)44(39)45/h1-28H. The Morgan fingerprint density at radius 1 is 0.304 bits per heavy atom. The highest BCUT2D eigenvalue weighted by molar-refractivity contribution is 6.22. The normalized spacial score (nSPS) is 11.9. The van der Waals surface area contributed by atoms with E-state index in [1.807, 2.05) is 0 Å². The molecule has 10 rings (SSSR count). The maximum atomic E-state index is 2.50. The molecule has 0 radical (unpaired) electrons. The molecule has 7 aromatic carbocycles. The number of hydrogen-bond acceptors (Lipinski definition) is 0. The molecule has 0 saturated heterocycles. The summed E-state index contributed by atoms with van der Waals surface area (Å²) in [5.74, 6) is 0. The lowest BCUT2D eigenvalue weighted by atomic mass is 9.98. The SMILES string of the molecule is c1ccc(-c2cc(-c3ccccc3)cc(-n3c4ccccc4c4ccc5cc6c7ccccc7c7ccccc7n6c5c43)c2)cc1. The van der Waals surface area contributed by atoms with E-state index in [4.69, 9.17) is 0 Å². The van der Waals surface area contributed by atoms with Gasteiger partial charge >= 0.3 is 0 Å². The van der Waals surface area contributed by atoms with Crippen LogP contribution in [0.2, 0.25) is 0 Å². The molecular formula is C44H28N2. The Morgan fingerprint density at radius 2 is 0.826 bits per heavy atom. The molecule has 0 unspecified atom stereocenters. The molecule has 0 saturated carbocycles. The molecule has 2 nitrogen and oxygen atoms in total. The van der Waals surface area contributed by atoms with Gasteiger partial charge in [-0.15, -0.1) is 0 Å². The second-order valence-electron chi connectivity index (χ2n) is 12.2. The highest BCUT2D eigenvalue weighted by Gasteiger charge is 2.20. The lowest BCUT2D eigenvalue weighted by Gasteiger charge is -2.15. The molecule has 0 aliphatic carbocycles. The van der Waals surface area contributed by atoms with Gasteiger partial charge in [0.25, 0.3) is 0 Å². The van der Waals surface area contributed by atoms with E-state index in [-0.39, 0.29) is 0 Å². The van der Waals surface area contributed by atoms with Gasteiger partial charge in [-0.25, -0.2) is 0 Å². The first-order chi connectivity index (χ1) is 22.8. The van der Waals surface area contributed by atoms with E-state index < -0.39 is 0 Å². The largest absolute Gasteiger partial charge is 0.307 e. The van der Waals surface area contributed by atoms with E-state index in [1.54, 1.807) is 0 Å². The van der Waals surface area contributed by atoms with Gasteiger partial charge in [-0.2, -0.15) is 0 Å². The fourth-order valence-electron chi connectivity index (χ4n) is 7.63. The second kappa shape index (κ2) is 9.69. The van der Waals surface area contributed by atoms with E-state index in [0.29, 0.717) is 0 Å². The van der Waals surface area contributed by atoms with Crippen LogP contribution in [0.25, 0.3) is 87.8 Å². The molecular weight excluding hydrogens is 556 g/mol. The summed E-state index contributed by atoms with van der Waals surface area (Å²) in [6.45, 7) is 0. The van der Waals surface area contributed by atoms with Gasteiger partial charge in [-0.1, -0.05) is 133 Å². The van der Waals surface area contributed by atoms with Crippen LogP contribution in [-0.2, 0) is 0 Å². The summed E-state index contributed by atoms with van der Waals surface area (Å²) in [7, 11) is 0. The number of fused-ring (bicyclic) bond motifs is 12. The van der Waals surface area contributed by atoms with Crippen molar-refractivity contribution in [3.63, 3.8) is 0 Å². The summed E-state index contributed by atoms with van der Waals surface area (Å²) in [4.78, 5) is 0. The zero-order valence-electron chi connectivity index (χ0n) is 25.1. The maximum absolute atomic E-state index is 2.50. The summed E-state index contributed by atoms with van der Waals surface area (Å²) in [6, 6.07) is 62.0. The molecule has 2 heteroatoms. The van der Waals surface area contributed by atoms with E-state index in [9.17, 15) is 0 Å². The van der Waals surface area contributed by atoms with Crippen molar-refractivity contribution in [2.75, 3.05) is 0 Å². The first kappa shape index (κ1) is 25.2. The molecule has 0 amide bonds. The Labute approximate surface area is 266 Å². The van der Waals surface area contributed by atoms with Crippen molar-refractivity contribution in [3.8, 4) is 27.9 Å².